The zero-order chi connectivity index (χ0) is 14.7. The number of benzene rings is 1. The van der Waals surface area contributed by atoms with Crippen LogP contribution in [0, 0.1) is 0 Å². The lowest BCUT2D eigenvalue weighted by atomic mass is 10.1. The molecule has 0 spiro atoms. The van der Waals surface area contributed by atoms with E-state index < -0.39 is 0 Å². The molecule has 1 saturated carbocycles. The molecule has 21 heavy (non-hydrogen) atoms. The van der Waals surface area contributed by atoms with Gasteiger partial charge in [0.1, 0.15) is 0 Å². The fourth-order valence-electron chi connectivity index (χ4n) is 2.29. The van der Waals surface area contributed by atoms with Crippen LogP contribution in [0.4, 0.5) is 4.79 Å². The minimum absolute atomic E-state index is 0.192. The third-order valence-corrected chi connectivity index (χ3v) is 3.62. The molecule has 0 saturated heterocycles. The van der Waals surface area contributed by atoms with E-state index in [0.717, 1.165) is 25.0 Å². The van der Waals surface area contributed by atoms with Gasteiger partial charge >= 0.3 is 12.0 Å². The van der Waals surface area contributed by atoms with Crippen LogP contribution < -0.4 is 10.1 Å². The van der Waals surface area contributed by atoms with Gasteiger partial charge in [0.15, 0.2) is 0 Å². The molecule has 5 heteroatoms. The zero-order valence-corrected chi connectivity index (χ0v) is 12.1. The average molecular weight is 285 g/mol. The topological polar surface area (TPSA) is 56.2 Å². The van der Waals surface area contributed by atoms with Crippen LogP contribution >= 0.6 is 0 Å². The predicted octanol–water partition coefficient (Wildman–Crippen LogP) is 2.57. The SMILES string of the molecule is COc1nc(C2CC2)cn1C(=O)NCCc1ccccc1. The van der Waals surface area contributed by atoms with Gasteiger partial charge in [0, 0.05) is 18.7 Å². The lowest BCUT2D eigenvalue weighted by Crippen LogP contribution is -2.30. The van der Waals surface area contributed by atoms with E-state index >= 15 is 0 Å². The number of aromatic nitrogens is 2. The number of rotatable bonds is 5. The molecule has 3 rings (SSSR count). The van der Waals surface area contributed by atoms with E-state index in [0.29, 0.717) is 18.5 Å². The molecule has 1 aromatic heterocycles. The van der Waals surface area contributed by atoms with Crippen molar-refractivity contribution in [1.82, 2.24) is 14.9 Å². The first kappa shape index (κ1) is 13.7. The van der Waals surface area contributed by atoms with Gasteiger partial charge in [0.05, 0.1) is 12.8 Å². The lowest BCUT2D eigenvalue weighted by Gasteiger charge is -2.07. The number of hydrogen-bond donors (Lipinski definition) is 1. The molecule has 0 unspecified atom stereocenters. The van der Waals surface area contributed by atoms with E-state index in [1.807, 2.05) is 18.2 Å². The Morgan fingerprint density at radius 3 is 2.81 bits per heavy atom. The Labute approximate surface area is 124 Å². The molecule has 5 nitrogen and oxygen atoms in total. The number of nitrogens with zero attached hydrogens (tertiary/aromatic N) is 2. The highest BCUT2D eigenvalue weighted by atomic mass is 16.5. The summed E-state index contributed by atoms with van der Waals surface area (Å²) in [5.41, 5.74) is 2.15. The number of ether oxygens (including phenoxy) is 1. The molecule has 0 bridgehead atoms. The second-order valence-electron chi connectivity index (χ2n) is 5.26. The van der Waals surface area contributed by atoms with E-state index in [1.54, 1.807) is 6.20 Å². The van der Waals surface area contributed by atoms with E-state index in [4.69, 9.17) is 4.74 Å². The molecule has 1 heterocycles. The van der Waals surface area contributed by atoms with Crippen molar-refractivity contribution in [1.29, 1.82) is 0 Å². The molecule has 1 amide bonds. The molecule has 1 aliphatic rings. The zero-order valence-electron chi connectivity index (χ0n) is 12.1. The van der Waals surface area contributed by atoms with Gasteiger partial charge in [-0.3, -0.25) is 0 Å². The van der Waals surface area contributed by atoms with Gasteiger partial charge < -0.3 is 10.1 Å². The van der Waals surface area contributed by atoms with Crippen molar-refractivity contribution in [3.05, 3.63) is 47.8 Å². The maximum Gasteiger partial charge on any atom is 0.329 e. The van der Waals surface area contributed by atoms with E-state index in [1.165, 1.54) is 17.2 Å². The summed E-state index contributed by atoms with van der Waals surface area (Å²) in [5.74, 6) is 0.497. The standard InChI is InChI=1S/C16H19N3O2/c1-21-16-18-14(13-7-8-13)11-19(16)15(20)17-10-9-12-5-3-2-4-6-12/h2-6,11,13H,7-10H2,1H3,(H,17,20). The normalized spacial score (nSPS) is 14.0. The van der Waals surface area contributed by atoms with Gasteiger partial charge in [-0.25, -0.2) is 9.36 Å². The number of nitrogens with one attached hydrogen (secondary N) is 1. The quantitative estimate of drug-likeness (QED) is 0.918. The maximum absolute atomic E-state index is 12.2. The second kappa shape index (κ2) is 5.99. The predicted molar refractivity (Wildman–Crippen MR) is 79.7 cm³/mol. The van der Waals surface area contributed by atoms with Crippen molar-refractivity contribution in [3.8, 4) is 6.01 Å². The summed E-state index contributed by atoms with van der Waals surface area (Å²) in [6, 6.07) is 10.2. The molecule has 0 aliphatic heterocycles. The summed E-state index contributed by atoms with van der Waals surface area (Å²) in [6.07, 6.45) is 4.89. The van der Waals surface area contributed by atoms with Gasteiger partial charge in [-0.1, -0.05) is 30.3 Å². The Morgan fingerprint density at radius 1 is 1.38 bits per heavy atom. The van der Waals surface area contributed by atoms with Crippen LogP contribution in [-0.4, -0.2) is 29.2 Å². The minimum atomic E-state index is -0.192. The third kappa shape index (κ3) is 3.24. The largest absolute Gasteiger partial charge is 0.468 e. The molecule has 1 aliphatic carbocycles. The Hall–Kier alpha value is -2.30. The first-order valence-corrected chi connectivity index (χ1v) is 7.23. The molecule has 1 fully saturated rings. The van der Waals surface area contributed by atoms with Crippen molar-refractivity contribution < 1.29 is 9.53 Å². The molecule has 1 N–H and O–H groups in total. The summed E-state index contributed by atoms with van der Waals surface area (Å²) in [6.45, 7) is 0.586. The van der Waals surface area contributed by atoms with Crippen molar-refractivity contribution >= 4 is 6.03 Å². The molecular weight excluding hydrogens is 266 g/mol. The smallest absolute Gasteiger partial charge is 0.329 e. The monoisotopic (exact) mass is 285 g/mol. The highest BCUT2D eigenvalue weighted by Crippen LogP contribution is 2.40. The van der Waals surface area contributed by atoms with Gasteiger partial charge in [-0.15, -0.1) is 0 Å². The van der Waals surface area contributed by atoms with E-state index in [2.05, 4.69) is 22.4 Å². The molecule has 0 radical (unpaired) electrons. The number of imidazole rings is 1. The van der Waals surface area contributed by atoms with Gasteiger partial charge in [0.2, 0.25) is 0 Å². The molecular formula is C16H19N3O2. The first-order chi connectivity index (χ1) is 10.3. The maximum atomic E-state index is 12.2. The van der Waals surface area contributed by atoms with Crippen LogP contribution in [0.5, 0.6) is 6.01 Å². The van der Waals surface area contributed by atoms with Crippen LogP contribution in [0.3, 0.4) is 0 Å². The molecule has 0 atom stereocenters. The summed E-state index contributed by atoms with van der Waals surface area (Å²) in [7, 11) is 1.53. The lowest BCUT2D eigenvalue weighted by molar-refractivity contribution is 0.238. The van der Waals surface area contributed by atoms with Crippen LogP contribution in [-0.2, 0) is 6.42 Å². The number of amides is 1. The minimum Gasteiger partial charge on any atom is -0.468 e. The fourth-order valence-corrected chi connectivity index (χ4v) is 2.29. The van der Waals surface area contributed by atoms with Gasteiger partial charge in [-0.05, 0) is 24.8 Å². The van der Waals surface area contributed by atoms with Crippen LogP contribution in [0.2, 0.25) is 0 Å². The summed E-state index contributed by atoms with van der Waals surface area (Å²) in [4.78, 5) is 16.6. The summed E-state index contributed by atoms with van der Waals surface area (Å²) in [5, 5.41) is 2.90. The summed E-state index contributed by atoms with van der Waals surface area (Å²) < 4.78 is 6.64. The first-order valence-electron chi connectivity index (χ1n) is 7.23. The van der Waals surface area contributed by atoms with Crippen LogP contribution in [0.15, 0.2) is 36.5 Å². The highest BCUT2D eigenvalue weighted by molar-refractivity contribution is 5.78. The third-order valence-electron chi connectivity index (χ3n) is 3.62. The Balaban J connectivity index is 1.59. The van der Waals surface area contributed by atoms with Gasteiger partial charge in [0.25, 0.3) is 0 Å². The van der Waals surface area contributed by atoms with Crippen molar-refractivity contribution in [2.45, 2.75) is 25.2 Å². The molecule has 1 aromatic carbocycles. The second-order valence-corrected chi connectivity index (χ2v) is 5.26. The van der Waals surface area contributed by atoms with E-state index in [9.17, 15) is 4.79 Å². The Bertz CT molecular complexity index is 618. The van der Waals surface area contributed by atoms with Crippen LogP contribution in [0.25, 0.3) is 0 Å². The van der Waals surface area contributed by atoms with Crippen molar-refractivity contribution in [3.63, 3.8) is 0 Å². The summed E-state index contributed by atoms with van der Waals surface area (Å²) >= 11 is 0. The molecule has 2 aromatic rings. The van der Waals surface area contributed by atoms with Crippen molar-refractivity contribution in [2.24, 2.45) is 0 Å². The highest BCUT2D eigenvalue weighted by Gasteiger charge is 2.28. The average Bonchev–Trinajstić information content (AvgIpc) is 3.27. The fraction of sp³-hybridized carbons (Fsp3) is 0.375. The van der Waals surface area contributed by atoms with E-state index in [-0.39, 0.29) is 6.03 Å². The number of methoxy groups -OCH3 is 1. The number of carbonyl (C=O) groups is 1. The van der Waals surface area contributed by atoms with Gasteiger partial charge in [-0.2, -0.15) is 4.98 Å². The van der Waals surface area contributed by atoms with Crippen LogP contribution in [0.1, 0.15) is 30.0 Å². The Kier molecular flexibility index (Phi) is 3.90. The van der Waals surface area contributed by atoms with Crippen molar-refractivity contribution in [2.75, 3.05) is 13.7 Å². The number of carbonyl (C=O) groups excluding carboxylic acids is 1. The number of hydrogen-bond acceptors (Lipinski definition) is 3. The molecule has 110 valence electrons. The Morgan fingerprint density at radius 2 is 2.14 bits per heavy atom.